The minimum atomic E-state index is -3.93. The summed E-state index contributed by atoms with van der Waals surface area (Å²) in [4.78, 5) is 75.1. The van der Waals surface area contributed by atoms with Crippen molar-refractivity contribution in [2.75, 3.05) is 6.54 Å². The quantitative estimate of drug-likeness (QED) is 0.284. The first kappa shape index (κ1) is 38.2. The molecule has 292 valence electrons. The van der Waals surface area contributed by atoms with Crippen molar-refractivity contribution >= 4 is 44.7 Å². The van der Waals surface area contributed by atoms with Gasteiger partial charge in [-0.2, -0.15) is 0 Å². The zero-order valence-electron chi connectivity index (χ0n) is 30.8. The summed E-state index contributed by atoms with van der Waals surface area (Å²) in [6.07, 6.45) is 10.8. The summed E-state index contributed by atoms with van der Waals surface area (Å²) in [5.74, 6) is -3.64. The number of halogens is 1. The van der Waals surface area contributed by atoms with E-state index in [1.807, 2.05) is 19.1 Å². The van der Waals surface area contributed by atoms with Gasteiger partial charge in [-0.05, 0) is 70.4 Å². The van der Waals surface area contributed by atoms with Crippen LogP contribution in [-0.4, -0.2) is 92.4 Å². The van der Waals surface area contributed by atoms with E-state index in [4.69, 9.17) is 4.74 Å². The zero-order valence-corrected chi connectivity index (χ0v) is 31.6. The third kappa shape index (κ3) is 8.02. The largest absolute Gasteiger partial charge is 0.471 e. The van der Waals surface area contributed by atoms with Gasteiger partial charge in [0.2, 0.25) is 27.7 Å². The molecule has 2 aliphatic heterocycles. The fraction of sp³-hybridized carbons (Fsp3) is 0.526. The molecular weight excluding hydrogens is 732 g/mol. The van der Waals surface area contributed by atoms with Crippen LogP contribution in [-0.2, 0) is 30.8 Å². The molecule has 4 heterocycles. The van der Waals surface area contributed by atoms with Crippen LogP contribution in [0.5, 0.6) is 5.88 Å². The Balaban J connectivity index is 1.22. The number of amides is 4. The number of rotatable bonds is 8. The number of sulfonamides is 1. The summed E-state index contributed by atoms with van der Waals surface area (Å²) < 4.78 is 49.3. The number of aryl methyl sites for hydroxylation is 2. The van der Waals surface area contributed by atoms with Crippen LogP contribution in [0.3, 0.4) is 0 Å². The van der Waals surface area contributed by atoms with Crippen LogP contribution < -0.4 is 20.1 Å². The first-order chi connectivity index (χ1) is 26.4. The molecule has 55 heavy (non-hydrogen) atoms. The molecule has 2 saturated carbocycles. The van der Waals surface area contributed by atoms with E-state index < -0.39 is 74.4 Å². The van der Waals surface area contributed by atoms with Crippen LogP contribution in [0.4, 0.5) is 4.39 Å². The molecule has 17 heteroatoms. The molecule has 3 aromatic rings. The molecule has 7 rings (SSSR count). The van der Waals surface area contributed by atoms with E-state index in [0.29, 0.717) is 55.4 Å². The molecule has 15 nitrogen and oxygen atoms in total. The number of allylic oxidation sites excluding steroid dienone is 1. The smallest absolute Gasteiger partial charge is 0.272 e. The molecule has 2 aromatic heterocycles. The minimum Gasteiger partial charge on any atom is -0.471 e. The molecule has 3 N–H and O–H groups in total. The van der Waals surface area contributed by atoms with Gasteiger partial charge in [0.05, 0.1) is 29.2 Å². The van der Waals surface area contributed by atoms with Crippen molar-refractivity contribution < 1.29 is 36.7 Å². The van der Waals surface area contributed by atoms with Gasteiger partial charge in [-0.15, -0.1) is 0 Å². The highest BCUT2D eigenvalue weighted by Gasteiger charge is 2.56. The van der Waals surface area contributed by atoms with Gasteiger partial charge in [0.1, 0.15) is 40.6 Å². The van der Waals surface area contributed by atoms with E-state index in [2.05, 4.69) is 35.3 Å². The van der Waals surface area contributed by atoms with Crippen molar-refractivity contribution in [1.29, 1.82) is 0 Å². The first-order valence-electron chi connectivity index (χ1n) is 18.9. The summed E-state index contributed by atoms with van der Waals surface area (Å²) in [5, 5.41) is 5.06. The first-order valence-corrected chi connectivity index (χ1v) is 20.5. The molecular formula is C38H45FN8O7S. The van der Waals surface area contributed by atoms with Crippen molar-refractivity contribution in [3.63, 3.8) is 0 Å². The minimum absolute atomic E-state index is 0.0107. The number of benzene rings is 1. The topological polar surface area (TPSA) is 203 Å². The van der Waals surface area contributed by atoms with E-state index >= 15 is 0 Å². The number of para-hydroxylation sites is 1. The summed E-state index contributed by atoms with van der Waals surface area (Å²) in [6, 6.07) is 2.21. The normalized spacial score (nSPS) is 26.1. The number of nitrogens with one attached hydrogen (secondary N) is 3. The van der Waals surface area contributed by atoms with Crippen molar-refractivity contribution in [1.82, 2.24) is 40.2 Å². The van der Waals surface area contributed by atoms with Crippen LogP contribution in [0, 0.1) is 18.7 Å². The predicted octanol–water partition coefficient (Wildman–Crippen LogP) is 2.97. The number of carbonyl (C=O) groups excluding carboxylic acids is 4. The summed E-state index contributed by atoms with van der Waals surface area (Å²) in [5.41, 5.74) is -0.113. The average molecular weight is 777 g/mol. The molecule has 5 unspecified atom stereocenters. The Kier molecular flexibility index (Phi) is 10.8. The van der Waals surface area contributed by atoms with Gasteiger partial charge in [-0.1, -0.05) is 38.0 Å². The maximum Gasteiger partial charge on any atom is 0.272 e. The third-order valence-corrected chi connectivity index (χ3v) is 12.7. The van der Waals surface area contributed by atoms with Crippen LogP contribution in [0.2, 0.25) is 0 Å². The Morgan fingerprint density at radius 2 is 1.89 bits per heavy atom. The lowest BCUT2D eigenvalue weighted by Gasteiger charge is -2.47. The maximum atomic E-state index is 14.8. The van der Waals surface area contributed by atoms with Crippen LogP contribution in [0.25, 0.3) is 11.0 Å². The summed E-state index contributed by atoms with van der Waals surface area (Å²) >= 11 is 0. The lowest BCUT2D eigenvalue weighted by atomic mass is 9.65. The van der Waals surface area contributed by atoms with Crippen LogP contribution in [0.1, 0.15) is 93.0 Å². The van der Waals surface area contributed by atoms with Gasteiger partial charge in [-0.3, -0.25) is 28.9 Å². The van der Waals surface area contributed by atoms with E-state index in [1.165, 1.54) is 29.4 Å². The van der Waals surface area contributed by atoms with Gasteiger partial charge < -0.3 is 20.3 Å². The SMILES string of the molecule is CCc1nc2cccc(F)c2nc1OC1CC2C(=O)NC3(C(=O)NS(=O)(=O)C4CC4)CCC3C=CCCCCCC(NC(=O)c3cnc(C)cn3)C(=O)N2C1. The van der Waals surface area contributed by atoms with Crippen LogP contribution in [0.15, 0.2) is 42.7 Å². The fourth-order valence-corrected chi connectivity index (χ4v) is 8.87. The van der Waals surface area contributed by atoms with E-state index in [1.54, 1.807) is 13.0 Å². The highest BCUT2D eigenvalue weighted by Crippen LogP contribution is 2.42. The molecule has 5 atom stereocenters. The number of hydrogen-bond acceptors (Lipinski definition) is 11. The molecule has 0 radical (unpaired) electrons. The second-order valence-corrected chi connectivity index (χ2v) is 16.8. The third-order valence-electron chi connectivity index (χ3n) is 10.9. The number of fused-ring (bicyclic) bond motifs is 3. The van der Waals surface area contributed by atoms with Crippen molar-refractivity contribution in [3.05, 3.63) is 65.6 Å². The summed E-state index contributed by atoms with van der Waals surface area (Å²) in [6.45, 7) is 3.48. The lowest BCUT2D eigenvalue weighted by Crippen LogP contribution is -2.70. The zero-order chi connectivity index (χ0) is 38.9. The molecule has 3 fully saturated rings. The number of ether oxygens (including phenoxy) is 1. The molecule has 1 saturated heterocycles. The van der Waals surface area contributed by atoms with Crippen molar-refractivity contribution in [3.8, 4) is 5.88 Å². The molecule has 1 aromatic carbocycles. The van der Waals surface area contributed by atoms with Crippen molar-refractivity contribution in [2.24, 2.45) is 5.92 Å². The highest BCUT2D eigenvalue weighted by atomic mass is 32.2. The highest BCUT2D eigenvalue weighted by molar-refractivity contribution is 7.91. The Labute approximate surface area is 318 Å². The monoisotopic (exact) mass is 776 g/mol. The van der Waals surface area contributed by atoms with Crippen molar-refractivity contribution in [2.45, 2.75) is 113 Å². The van der Waals surface area contributed by atoms with E-state index in [0.717, 1.165) is 12.8 Å². The Morgan fingerprint density at radius 3 is 2.60 bits per heavy atom. The number of aromatic nitrogens is 4. The molecule has 4 amide bonds. The van der Waals surface area contributed by atoms with E-state index in [-0.39, 0.29) is 42.9 Å². The van der Waals surface area contributed by atoms with Gasteiger partial charge >= 0.3 is 0 Å². The van der Waals surface area contributed by atoms with Gasteiger partial charge in [0.15, 0.2) is 5.82 Å². The number of hydrogen-bond donors (Lipinski definition) is 3. The summed E-state index contributed by atoms with van der Waals surface area (Å²) in [7, 11) is -3.93. The number of carbonyl (C=O) groups is 4. The Hall–Kier alpha value is -5.06. The van der Waals surface area contributed by atoms with Gasteiger partial charge in [0, 0.05) is 18.5 Å². The molecule has 4 aliphatic rings. The standard InChI is InChI=1S/C38H45FN8O7S/c1-3-27-35(44-32-26(39)11-9-13-28(32)42-27)54-24-18-31-34(49)45-38(37(51)46-55(52,53)25-14-15-25)17-16-23(38)10-7-5-4-6-8-12-29(36(50)47(31)21-24)43-33(48)30-20-40-22(2)19-41-30/h7,9-11,13,19-20,23-25,29,31H,3-6,8,12,14-18,21H2,1-2H3,(H,43,48)(H,45,49)(H,46,51). The maximum absolute atomic E-state index is 14.8. The fourth-order valence-electron chi connectivity index (χ4n) is 7.51. The molecule has 0 spiro atoms. The van der Waals surface area contributed by atoms with Crippen LogP contribution >= 0.6 is 0 Å². The second kappa shape index (κ2) is 15.6. The number of nitrogens with zero attached hydrogens (tertiary/aromatic N) is 5. The average Bonchev–Trinajstić information content (AvgIpc) is 3.94. The van der Waals surface area contributed by atoms with E-state index in [9.17, 15) is 32.0 Å². The van der Waals surface area contributed by atoms with Gasteiger partial charge in [-0.25, -0.2) is 27.8 Å². The Morgan fingerprint density at radius 1 is 1.07 bits per heavy atom. The second-order valence-electron chi connectivity index (χ2n) is 14.8. The Bertz CT molecular complexity index is 2130. The van der Waals surface area contributed by atoms with Gasteiger partial charge in [0.25, 0.3) is 11.8 Å². The lowest BCUT2D eigenvalue weighted by molar-refractivity contribution is -0.144. The predicted molar refractivity (Wildman–Crippen MR) is 197 cm³/mol. The molecule has 2 aliphatic carbocycles. The molecule has 0 bridgehead atoms.